The third-order valence-corrected chi connectivity index (χ3v) is 6.16. The van der Waals surface area contributed by atoms with Gasteiger partial charge in [0.05, 0.1) is 19.8 Å². The highest BCUT2D eigenvalue weighted by Gasteiger charge is 2.25. The Morgan fingerprint density at radius 3 is 2.77 bits per heavy atom. The lowest BCUT2D eigenvalue weighted by Crippen LogP contribution is -2.48. The summed E-state index contributed by atoms with van der Waals surface area (Å²) in [6, 6.07) is 7.51. The second-order valence-electron chi connectivity index (χ2n) is 8.38. The zero-order valence-electron chi connectivity index (χ0n) is 17.6. The molecule has 2 aliphatic rings. The molecule has 1 unspecified atom stereocenters. The first kappa shape index (κ1) is 20.7. The van der Waals surface area contributed by atoms with Crippen molar-refractivity contribution in [2.75, 3.05) is 20.3 Å². The summed E-state index contributed by atoms with van der Waals surface area (Å²) in [5.74, 6) is 0.728. The Kier molecular flexibility index (Phi) is 6.57. The van der Waals surface area contributed by atoms with Crippen molar-refractivity contribution < 1.29 is 14.3 Å². The van der Waals surface area contributed by atoms with E-state index < -0.39 is 0 Å². The second kappa shape index (κ2) is 9.51. The minimum Gasteiger partial charge on any atom is -0.497 e. The number of carbonyl (C=O) groups is 1. The molecular weight excluding hydrogens is 382 g/mol. The third-order valence-electron chi connectivity index (χ3n) is 6.16. The van der Waals surface area contributed by atoms with Crippen LogP contribution in [0.3, 0.4) is 0 Å². The van der Waals surface area contributed by atoms with Crippen molar-refractivity contribution in [1.82, 2.24) is 15.2 Å². The van der Waals surface area contributed by atoms with E-state index in [1.807, 2.05) is 24.3 Å². The molecule has 7 heteroatoms. The number of methoxy groups -OCH3 is 1. The number of urea groups is 1. The van der Waals surface area contributed by atoms with Crippen molar-refractivity contribution in [3.8, 4) is 5.75 Å². The molecule has 7 nitrogen and oxygen atoms in total. The maximum atomic E-state index is 13.1. The van der Waals surface area contributed by atoms with Crippen LogP contribution < -0.4 is 15.6 Å². The molecule has 4 rings (SSSR count). The van der Waals surface area contributed by atoms with Crippen LogP contribution >= 0.6 is 0 Å². The number of hydrogen-bond donors (Lipinski definition) is 2. The Morgan fingerprint density at radius 2 is 2.03 bits per heavy atom. The summed E-state index contributed by atoms with van der Waals surface area (Å²) >= 11 is 0. The molecule has 1 aromatic carbocycles. The predicted molar refractivity (Wildman–Crippen MR) is 116 cm³/mol. The molecule has 1 aromatic heterocycles. The summed E-state index contributed by atoms with van der Waals surface area (Å²) in [6.07, 6.45) is 7.58. The number of benzene rings is 1. The maximum absolute atomic E-state index is 13.1. The van der Waals surface area contributed by atoms with Crippen molar-refractivity contribution >= 4 is 16.9 Å². The fourth-order valence-corrected chi connectivity index (χ4v) is 4.45. The Hall–Kier alpha value is -2.54. The third kappa shape index (κ3) is 4.95. The first-order valence-electron chi connectivity index (χ1n) is 11.0. The quantitative estimate of drug-likeness (QED) is 0.758. The lowest BCUT2D eigenvalue weighted by atomic mass is 9.96. The molecule has 2 aromatic rings. The number of amides is 2. The van der Waals surface area contributed by atoms with E-state index in [0.717, 1.165) is 61.8 Å². The summed E-state index contributed by atoms with van der Waals surface area (Å²) < 4.78 is 11.1. The molecule has 0 radical (unpaired) electrons. The molecule has 0 spiro atoms. The lowest BCUT2D eigenvalue weighted by molar-refractivity contribution is 0.0784. The number of fused-ring (bicyclic) bond motifs is 1. The maximum Gasteiger partial charge on any atom is 0.318 e. The number of H-pyrrole nitrogens is 1. The topological polar surface area (TPSA) is 83.7 Å². The van der Waals surface area contributed by atoms with Crippen LogP contribution in [-0.4, -0.2) is 48.3 Å². The van der Waals surface area contributed by atoms with Crippen molar-refractivity contribution in [2.24, 2.45) is 0 Å². The van der Waals surface area contributed by atoms with Gasteiger partial charge in [0.2, 0.25) is 0 Å². The normalized spacial score (nSPS) is 19.7. The van der Waals surface area contributed by atoms with Gasteiger partial charge in [-0.25, -0.2) is 4.79 Å². The summed E-state index contributed by atoms with van der Waals surface area (Å²) in [5.41, 5.74) is 1.14. The van der Waals surface area contributed by atoms with Gasteiger partial charge in [-0.05, 0) is 49.9 Å². The molecular formula is C23H31N3O4. The van der Waals surface area contributed by atoms with Crippen LogP contribution in [0.25, 0.3) is 10.9 Å². The fourth-order valence-electron chi connectivity index (χ4n) is 4.45. The molecule has 1 aliphatic carbocycles. The van der Waals surface area contributed by atoms with Crippen molar-refractivity contribution in [3.05, 3.63) is 40.2 Å². The van der Waals surface area contributed by atoms with E-state index in [1.165, 1.54) is 6.42 Å². The number of carbonyl (C=O) groups excluding carboxylic acids is 1. The zero-order chi connectivity index (χ0) is 20.9. The monoisotopic (exact) mass is 413 g/mol. The molecule has 1 saturated carbocycles. The van der Waals surface area contributed by atoms with Gasteiger partial charge in [-0.1, -0.05) is 19.3 Å². The molecule has 1 saturated heterocycles. The summed E-state index contributed by atoms with van der Waals surface area (Å²) in [6.45, 7) is 1.48. The van der Waals surface area contributed by atoms with E-state index in [9.17, 15) is 9.59 Å². The minimum atomic E-state index is -0.171. The average Bonchev–Trinajstić information content (AvgIpc) is 3.27. The highest BCUT2D eigenvalue weighted by molar-refractivity contribution is 5.81. The summed E-state index contributed by atoms with van der Waals surface area (Å²) in [5, 5.41) is 4.07. The number of nitrogens with one attached hydrogen (secondary N) is 2. The fraction of sp³-hybridized carbons (Fsp3) is 0.565. The Morgan fingerprint density at radius 1 is 1.20 bits per heavy atom. The number of aromatic nitrogens is 1. The molecule has 30 heavy (non-hydrogen) atoms. The SMILES string of the molecule is COc1ccc2[nH]c(=O)c(CN(CC3CCCO3)C(=O)NC3CCCCC3)cc2c1. The standard InChI is InChI=1S/C23H31N3O4/c1-29-19-9-10-21-16(13-19)12-17(22(27)25-21)14-26(15-20-8-5-11-30-20)23(28)24-18-6-3-2-4-7-18/h9-10,12-13,18,20H,2-8,11,14-15H2,1H3,(H,24,28)(H,25,27). The minimum absolute atomic E-state index is 0.0294. The van der Waals surface area contributed by atoms with Crippen LogP contribution in [0.5, 0.6) is 5.75 Å². The largest absolute Gasteiger partial charge is 0.497 e. The van der Waals surface area contributed by atoms with E-state index in [0.29, 0.717) is 12.1 Å². The van der Waals surface area contributed by atoms with Gasteiger partial charge in [0.1, 0.15) is 5.75 Å². The second-order valence-corrected chi connectivity index (χ2v) is 8.38. The van der Waals surface area contributed by atoms with Gasteiger partial charge in [-0.3, -0.25) is 4.79 Å². The van der Waals surface area contributed by atoms with E-state index in [-0.39, 0.29) is 30.3 Å². The molecule has 1 aliphatic heterocycles. The van der Waals surface area contributed by atoms with Crippen molar-refractivity contribution in [1.29, 1.82) is 0 Å². The van der Waals surface area contributed by atoms with Gasteiger partial charge in [-0.2, -0.15) is 0 Å². The number of pyridine rings is 1. The van der Waals surface area contributed by atoms with Gasteiger partial charge in [-0.15, -0.1) is 0 Å². The number of rotatable bonds is 6. The highest BCUT2D eigenvalue weighted by Crippen LogP contribution is 2.21. The first-order chi connectivity index (χ1) is 14.6. The first-order valence-corrected chi connectivity index (χ1v) is 11.0. The number of ether oxygens (including phenoxy) is 2. The van der Waals surface area contributed by atoms with Crippen LogP contribution in [-0.2, 0) is 11.3 Å². The van der Waals surface area contributed by atoms with Gasteiger partial charge in [0.25, 0.3) is 5.56 Å². The van der Waals surface area contributed by atoms with Gasteiger partial charge >= 0.3 is 6.03 Å². The number of hydrogen-bond acceptors (Lipinski definition) is 4. The predicted octanol–water partition coefficient (Wildman–Crippen LogP) is 3.56. The van der Waals surface area contributed by atoms with E-state index in [4.69, 9.17) is 9.47 Å². The zero-order valence-corrected chi connectivity index (χ0v) is 17.6. The Bertz CT molecular complexity index is 930. The van der Waals surface area contributed by atoms with Crippen molar-refractivity contribution in [3.63, 3.8) is 0 Å². The van der Waals surface area contributed by atoms with Crippen LogP contribution in [0.4, 0.5) is 4.79 Å². The average molecular weight is 414 g/mol. The molecule has 2 N–H and O–H groups in total. The number of aromatic amines is 1. The summed E-state index contributed by atoms with van der Waals surface area (Å²) in [7, 11) is 1.62. The van der Waals surface area contributed by atoms with E-state index in [2.05, 4.69) is 10.3 Å². The summed E-state index contributed by atoms with van der Waals surface area (Å²) in [4.78, 5) is 30.5. The molecule has 0 bridgehead atoms. The number of nitrogens with zero attached hydrogens (tertiary/aromatic N) is 1. The van der Waals surface area contributed by atoms with E-state index in [1.54, 1.807) is 12.0 Å². The van der Waals surface area contributed by atoms with E-state index >= 15 is 0 Å². The van der Waals surface area contributed by atoms with Gasteiger partial charge < -0.3 is 24.7 Å². The van der Waals surface area contributed by atoms with Crippen LogP contribution in [0, 0.1) is 0 Å². The Labute approximate surface area is 176 Å². The molecule has 2 heterocycles. The van der Waals surface area contributed by atoms with Crippen LogP contribution in [0.1, 0.15) is 50.5 Å². The smallest absolute Gasteiger partial charge is 0.318 e. The van der Waals surface area contributed by atoms with Gasteiger partial charge in [0.15, 0.2) is 0 Å². The molecule has 2 fully saturated rings. The molecule has 2 amide bonds. The van der Waals surface area contributed by atoms with Crippen LogP contribution in [0.2, 0.25) is 0 Å². The van der Waals surface area contributed by atoms with Gasteiger partial charge in [0, 0.05) is 35.7 Å². The molecule has 162 valence electrons. The lowest BCUT2D eigenvalue weighted by Gasteiger charge is -2.29. The van der Waals surface area contributed by atoms with Crippen molar-refractivity contribution in [2.45, 2.75) is 63.6 Å². The Balaban J connectivity index is 1.55. The highest BCUT2D eigenvalue weighted by atomic mass is 16.5. The molecule has 1 atom stereocenters. The van der Waals surface area contributed by atoms with Crippen LogP contribution in [0.15, 0.2) is 29.1 Å².